The Hall–Kier alpha value is -1.02. The van der Waals surface area contributed by atoms with Gasteiger partial charge in [-0.15, -0.1) is 5.10 Å². The molecule has 3 atom stereocenters. The third-order valence-corrected chi connectivity index (χ3v) is 3.93. The van der Waals surface area contributed by atoms with E-state index in [1.54, 1.807) is 0 Å². The molecule has 0 aliphatic carbocycles. The molecule has 0 spiro atoms. The van der Waals surface area contributed by atoms with Crippen LogP contribution in [0.5, 0.6) is 0 Å². The number of nitrogens with two attached hydrogens (primary N) is 1. The van der Waals surface area contributed by atoms with E-state index in [1.165, 1.54) is 25.7 Å². The smallest absolute Gasteiger partial charge is 0.108 e. The Balaban J connectivity index is 1.60. The summed E-state index contributed by atoms with van der Waals surface area (Å²) in [7, 11) is 0. The van der Waals surface area contributed by atoms with Gasteiger partial charge >= 0.3 is 0 Å². The van der Waals surface area contributed by atoms with Crippen molar-refractivity contribution < 1.29 is 14.6 Å². The van der Waals surface area contributed by atoms with Crippen LogP contribution in [-0.2, 0) is 22.6 Å². The topological polar surface area (TPSA) is 95.4 Å². The zero-order chi connectivity index (χ0) is 15.8. The SMILES string of the molecule is CCCCCCCn1cc(COC[C@@H]2OC[C@H](N)[C@@H]2O)nn1. The van der Waals surface area contributed by atoms with E-state index in [9.17, 15) is 5.11 Å². The number of unbranched alkanes of at least 4 members (excludes halogenated alkanes) is 4. The molecule has 1 aromatic rings. The van der Waals surface area contributed by atoms with Gasteiger partial charge in [0, 0.05) is 6.54 Å². The zero-order valence-electron chi connectivity index (χ0n) is 13.4. The lowest BCUT2D eigenvalue weighted by Gasteiger charge is -2.14. The average Bonchev–Trinajstić information content (AvgIpc) is 3.09. The molecule has 126 valence electrons. The number of hydrogen-bond acceptors (Lipinski definition) is 6. The summed E-state index contributed by atoms with van der Waals surface area (Å²) in [6, 6.07) is -0.317. The molecular formula is C15H28N4O3. The predicted octanol–water partition coefficient (Wildman–Crippen LogP) is 0.852. The highest BCUT2D eigenvalue weighted by Crippen LogP contribution is 2.13. The second-order valence-electron chi connectivity index (χ2n) is 5.93. The third kappa shape index (κ3) is 5.31. The van der Waals surface area contributed by atoms with Gasteiger partial charge in [-0.1, -0.05) is 37.8 Å². The molecule has 0 aromatic carbocycles. The Bertz CT molecular complexity index is 427. The van der Waals surface area contributed by atoms with E-state index in [2.05, 4.69) is 17.2 Å². The van der Waals surface area contributed by atoms with Crippen molar-refractivity contribution in [3.05, 3.63) is 11.9 Å². The van der Waals surface area contributed by atoms with Gasteiger partial charge in [-0.3, -0.25) is 4.68 Å². The summed E-state index contributed by atoms with van der Waals surface area (Å²) in [6.07, 6.45) is 7.12. The summed E-state index contributed by atoms with van der Waals surface area (Å²) >= 11 is 0. The van der Waals surface area contributed by atoms with E-state index < -0.39 is 6.10 Å². The van der Waals surface area contributed by atoms with Crippen molar-refractivity contribution in [2.75, 3.05) is 13.2 Å². The Kier molecular flexibility index (Phi) is 7.24. The van der Waals surface area contributed by atoms with Gasteiger partial charge in [-0.05, 0) is 6.42 Å². The molecule has 1 aromatic heterocycles. The Morgan fingerprint density at radius 1 is 1.41 bits per heavy atom. The summed E-state index contributed by atoms with van der Waals surface area (Å²) in [4.78, 5) is 0. The zero-order valence-corrected chi connectivity index (χ0v) is 13.4. The van der Waals surface area contributed by atoms with Gasteiger partial charge in [0.25, 0.3) is 0 Å². The molecule has 0 radical (unpaired) electrons. The molecule has 1 aliphatic rings. The number of ether oxygens (including phenoxy) is 2. The second-order valence-corrected chi connectivity index (χ2v) is 5.93. The fourth-order valence-corrected chi connectivity index (χ4v) is 2.53. The highest BCUT2D eigenvalue weighted by atomic mass is 16.5. The first-order chi connectivity index (χ1) is 10.7. The van der Waals surface area contributed by atoms with Crippen LogP contribution in [0, 0.1) is 0 Å². The lowest BCUT2D eigenvalue weighted by atomic mass is 10.1. The Labute approximate surface area is 131 Å². The first-order valence-electron chi connectivity index (χ1n) is 8.22. The Morgan fingerprint density at radius 2 is 2.23 bits per heavy atom. The monoisotopic (exact) mass is 312 g/mol. The van der Waals surface area contributed by atoms with E-state index in [-0.39, 0.29) is 12.1 Å². The maximum Gasteiger partial charge on any atom is 0.108 e. The molecule has 1 fully saturated rings. The van der Waals surface area contributed by atoms with Gasteiger partial charge in [0.1, 0.15) is 11.8 Å². The van der Waals surface area contributed by atoms with Crippen LogP contribution in [0.4, 0.5) is 0 Å². The molecule has 2 heterocycles. The van der Waals surface area contributed by atoms with Crippen molar-refractivity contribution in [3.63, 3.8) is 0 Å². The number of rotatable bonds is 10. The number of aliphatic hydroxyl groups is 1. The summed E-state index contributed by atoms with van der Waals surface area (Å²) in [5.41, 5.74) is 6.47. The van der Waals surface area contributed by atoms with Crippen LogP contribution in [0.2, 0.25) is 0 Å². The molecule has 2 rings (SSSR count). The molecule has 7 nitrogen and oxygen atoms in total. The molecular weight excluding hydrogens is 284 g/mol. The van der Waals surface area contributed by atoms with E-state index >= 15 is 0 Å². The number of aromatic nitrogens is 3. The molecule has 1 aliphatic heterocycles. The van der Waals surface area contributed by atoms with Gasteiger partial charge in [-0.2, -0.15) is 0 Å². The second kappa shape index (κ2) is 9.19. The van der Waals surface area contributed by atoms with E-state index in [4.69, 9.17) is 15.2 Å². The van der Waals surface area contributed by atoms with Crippen molar-refractivity contribution in [1.29, 1.82) is 0 Å². The maximum atomic E-state index is 9.76. The lowest BCUT2D eigenvalue weighted by molar-refractivity contribution is -0.0299. The fourth-order valence-electron chi connectivity index (χ4n) is 2.53. The van der Waals surface area contributed by atoms with Crippen molar-refractivity contribution in [3.8, 4) is 0 Å². The van der Waals surface area contributed by atoms with E-state index in [1.807, 2.05) is 10.9 Å². The first kappa shape index (κ1) is 17.3. The van der Waals surface area contributed by atoms with Crippen LogP contribution in [0.25, 0.3) is 0 Å². The summed E-state index contributed by atoms with van der Waals surface area (Å²) in [5.74, 6) is 0. The van der Waals surface area contributed by atoms with Crippen molar-refractivity contribution in [2.24, 2.45) is 5.73 Å². The highest BCUT2D eigenvalue weighted by molar-refractivity contribution is 4.90. The molecule has 22 heavy (non-hydrogen) atoms. The van der Waals surface area contributed by atoms with Crippen molar-refractivity contribution in [2.45, 2.75) is 70.4 Å². The van der Waals surface area contributed by atoms with E-state index in [0.717, 1.165) is 18.7 Å². The molecule has 0 unspecified atom stereocenters. The van der Waals surface area contributed by atoms with E-state index in [0.29, 0.717) is 19.8 Å². The van der Waals surface area contributed by atoms with Crippen LogP contribution in [0.3, 0.4) is 0 Å². The van der Waals surface area contributed by atoms with Crippen LogP contribution >= 0.6 is 0 Å². The van der Waals surface area contributed by atoms with Gasteiger partial charge in [0.05, 0.1) is 38.2 Å². The molecule has 0 saturated carbocycles. The first-order valence-corrected chi connectivity index (χ1v) is 8.22. The minimum atomic E-state index is -0.654. The van der Waals surface area contributed by atoms with Crippen molar-refractivity contribution >= 4 is 0 Å². The molecule has 1 saturated heterocycles. The number of aliphatic hydroxyl groups excluding tert-OH is 1. The van der Waals surface area contributed by atoms with Crippen LogP contribution in [0.15, 0.2) is 6.20 Å². The Morgan fingerprint density at radius 3 is 2.95 bits per heavy atom. The summed E-state index contributed by atoms with van der Waals surface area (Å²) in [5, 5.41) is 17.9. The van der Waals surface area contributed by atoms with Crippen LogP contribution < -0.4 is 5.73 Å². The summed E-state index contributed by atoms with van der Waals surface area (Å²) < 4.78 is 12.8. The highest BCUT2D eigenvalue weighted by Gasteiger charge is 2.33. The van der Waals surface area contributed by atoms with Gasteiger partial charge in [0.15, 0.2) is 0 Å². The van der Waals surface area contributed by atoms with Gasteiger partial charge in [0.2, 0.25) is 0 Å². The normalized spacial score (nSPS) is 25.0. The number of nitrogens with zero attached hydrogens (tertiary/aromatic N) is 3. The van der Waals surface area contributed by atoms with Gasteiger partial charge < -0.3 is 20.3 Å². The standard InChI is InChI=1S/C15H28N4O3/c1-2-3-4-5-6-7-19-8-12(17-18-19)9-21-11-14-15(20)13(16)10-22-14/h8,13-15,20H,2-7,9-11,16H2,1H3/t13-,14-,15-/m0/s1. The molecule has 0 amide bonds. The molecule has 0 bridgehead atoms. The fraction of sp³-hybridized carbons (Fsp3) is 0.867. The lowest BCUT2D eigenvalue weighted by Crippen LogP contribution is -2.38. The largest absolute Gasteiger partial charge is 0.389 e. The minimum absolute atomic E-state index is 0.317. The third-order valence-electron chi connectivity index (χ3n) is 3.93. The molecule has 7 heteroatoms. The quantitative estimate of drug-likeness (QED) is 0.622. The summed E-state index contributed by atoms with van der Waals surface area (Å²) in [6.45, 7) is 4.18. The molecule has 3 N–H and O–H groups in total. The number of hydrogen-bond donors (Lipinski definition) is 2. The maximum absolute atomic E-state index is 9.76. The number of aryl methyl sites for hydroxylation is 1. The van der Waals surface area contributed by atoms with Crippen LogP contribution in [0.1, 0.15) is 44.7 Å². The van der Waals surface area contributed by atoms with Crippen molar-refractivity contribution in [1.82, 2.24) is 15.0 Å². The minimum Gasteiger partial charge on any atom is -0.389 e. The predicted molar refractivity (Wildman–Crippen MR) is 82.2 cm³/mol. The van der Waals surface area contributed by atoms with Crippen LogP contribution in [-0.4, -0.2) is 51.6 Å². The van der Waals surface area contributed by atoms with Gasteiger partial charge in [-0.25, -0.2) is 0 Å². The average molecular weight is 312 g/mol.